The monoisotopic (exact) mass is 469 g/mol. The lowest BCUT2D eigenvalue weighted by atomic mass is 9.97. The second-order valence-electron chi connectivity index (χ2n) is 7.48. The molecule has 0 fully saturated rings. The molecule has 1 aromatic heterocycles. The molecule has 6 nitrogen and oxygen atoms in total. The van der Waals surface area contributed by atoms with E-state index >= 15 is 0 Å². The fraction of sp³-hybridized carbons (Fsp3) is 0.111. The number of nitroso groups, excluding NO2 is 1. The first-order chi connectivity index (χ1) is 16.6. The van der Waals surface area contributed by atoms with Gasteiger partial charge in [-0.3, -0.25) is 9.78 Å². The third kappa shape index (κ3) is 5.15. The summed E-state index contributed by atoms with van der Waals surface area (Å²) in [7, 11) is 1.55. The molecule has 1 amide bonds. The summed E-state index contributed by atoms with van der Waals surface area (Å²) in [5.74, 6) is 0.355. The maximum Gasteiger partial charge on any atom is 0.256 e. The average Bonchev–Trinajstić information content (AvgIpc) is 2.89. The van der Waals surface area contributed by atoms with E-state index in [2.05, 4.69) is 15.5 Å². The highest BCUT2D eigenvalue weighted by atomic mass is 32.2. The number of ether oxygens (including phenoxy) is 1. The van der Waals surface area contributed by atoms with Crippen LogP contribution in [0.4, 0.5) is 5.69 Å². The second-order valence-corrected chi connectivity index (χ2v) is 8.35. The minimum absolute atomic E-state index is 0.0128. The molecule has 7 heteroatoms. The molecule has 0 saturated carbocycles. The Bertz CT molecular complexity index is 1330. The number of nitrogens with zero attached hydrogens (tertiary/aromatic N) is 2. The number of aromatic nitrogens is 1. The van der Waals surface area contributed by atoms with Crippen molar-refractivity contribution in [3.63, 3.8) is 0 Å². The Hall–Kier alpha value is -3.97. The van der Waals surface area contributed by atoms with Crippen LogP contribution < -0.4 is 10.1 Å². The van der Waals surface area contributed by atoms with Crippen molar-refractivity contribution in [2.24, 2.45) is 5.18 Å². The van der Waals surface area contributed by atoms with Crippen LogP contribution in [0.15, 0.2) is 95.1 Å². The highest BCUT2D eigenvalue weighted by molar-refractivity contribution is 7.98. The Labute approximate surface area is 202 Å². The number of anilines is 1. The second kappa shape index (κ2) is 10.8. The molecule has 34 heavy (non-hydrogen) atoms. The molecule has 0 saturated heterocycles. The molecule has 3 aromatic carbocycles. The molecule has 4 rings (SSSR count). The van der Waals surface area contributed by atoms with E-state index in [1.165, 1.54) is 0 Å². The maximum absolute atomic E-state index is 13.4. The number of hydrogen-bond donors (Lipinski definition) is 1. The number of amides is 1. The molecule has 0 unspecified atom stereocenters. The van der Waals surface area contributed by atoms with Crippen LogP contribution in [0.3, 0.4) is 0 Å². The molecule has 0 aliphatic heterocycles. The van der Waals surface area contributed by atoms with Crippen LogP contribution in [0.25, 0.3) is 22.4 Å². The van der Waals surface area contributed by atoms with Gasteiger partial charge < -0.3 is 10.1 Å². The third-order valence-electron chi connectivity index (χ3n) is 5.38. The van der Waals surface area contributed by atoms with E-state index in [-0.39, 0.29) is 12.5 Å². The molecule has 170 valence electrons. The van der Waals surface area contributed by atoms with Crippen molar-refractivity contribution in [3.05, 3.63) is 101 Å². The summed E-state index contributed by atoms with van der Waals surface area (Å²) in [5, 5.41) is 6.02. The van der Waals surface area contributed by atoms with Crippen molar-refractivity contribution in [2.45, 2.75) is 11.4 Å². The maximum atomic E-state index is 13.4. The van der Waals surface area contributed by atoms with E-state index in [9.17, 15) is 9.70 Å². The number of carbonyl (C=O) groups is 1. The highest BCUT2D eigenvalue weighted by Gasteiger charge is 2.16. The Morgan fingerprint density at radius 1 is 1.00 bits per heavy atom. The highest BCUT2D eigenvalue weighted by Crippen LogP contribution is 2.33. The molecule has 4 aromatic rings. The van der Waals surface area contributed by atoms with E-state index < -0.39 is 0 Å². The minimum Gasteiger partial charge on any atom is -0.496 e. The smallest absolute Gasteiger partial charge is 0.256 e. The van der Waals surface area contributed by atoms with Gasteiger partial charge in [0, 0.05) is 33.5 Å². The van der Waals surface area contributed by atoms with E-state index in [4.69, 9.17) is 4.74 Å². The van der Waals surface area contributed by atoms with E-state index in [0.29, 0.717) is 22.6 Å². The molecule has 1 heterocycles. The first-order valence-electron chi connectivity index (χ1n) is 10.6. The van der Waals surface area contributed by atoms with E-state index in [1.807, 2.05) is 79.1 Å². The van der Waals surface area contributed by atoms with Crippen LogP contribution in [0.1, 0.15) is 15.9 Å². The van der Waals surface area contributed by atoms with Crippen molar-refractivity contribution in [1.82, 2.24) is 4.98 Å². The summed E-state index contributed by atoms with van der Waals surface area (Å²) in [5.41, 5.74) is 5.18. The van der Waals surface area contributed by atoms with Gasteiger partial charge >= 0.3 is 0 Å². The lowest BCUT2D eigenvalue weighted by Crippen LogP contribution is -2.13. The molecule has 0 bridgehead atoms. The normalized spacial score (nSPS) is 10.5. The van der Waals surface area contributed by atoms with Crippen LogP contribution in [-0.4, -0.2) is 24.3 Å². The quantitative estimate of drug-likeness (QED) is 0.230. The first kappa shape index (κ1) is 23.2. The predicted molar refractivity (Wildman–Crippen MR) is 137 cm³/mol. The zero-order valence-electron chi connectivity index (χ0n) is 18.8. The number of hydrogen-bond acceptors (Lipinski definition) is 6. The zero-order chi connectivity index (χ0) is 23.9. The lowest BCUT2D eigenvalue weighted by molar-refractivity contribution is 0.102. The predicted octanol–water partition coefficient (Wildman–Crippen LogP) is 6.66. The Morgan fingerprint density at radius 2 is 1.88 bits per heavy atom. The summed E-state index contributed by atoms with van der Waals surface area (Å²) < 4.78 is 5.35. The van der Waals surface area contributed by atoms with Gasteiger partial charge in [-0.05, 0) is 72.0 Å². The Balaban J connectivity index is 1.70. The standard InChI is InChI=1S/C27H23N3O3S/c1-33-26-12-9-18(14-20(26)17-29-32)24-16-22(34-2)10-11-23(24)27(31)30-21-7-5-6-19(15-21)25-8-3-4-13-28-25/h3-16H,17H2,1-2H3,(H,30,31). The van der Waals surface area contributed by atoms with E-state index in [1.54, 1.807) is 31.1 Å². The van der Waals surface area contributed by atoms with Gasteiger partial charge in [0.15, 0.2) is 0 Å². The van der Waals surface area contributed by atoms with Gasteiger partial charge in [-0.25, -0.2) is 0 Å². The van der Waals surface area contributed by atoms with Crippen LogP contribution in [0, 0.1) is 4.91 Å². The van der Waals surface area contributed by atoms with Gasteiger partial charge in [-0.2, -0.15) is 4.91 Å². The van der Waals surface area contributed by atoms with Crippen LogP contribution in [0.2, 0.25) is 0 Å². The van der Waals surface area contributed by atoms with Crippen molar-refractivity contribution in [3.8, 4) is 28.1 Å². The van der Waals surface area contributed by atoms with Gasteiger partial charge in [0.05, 0.1) is 12.8 Å². The fourth-order valence-corrected chi connectivity index (χ4v) is 4.15. The summed E-state index contributed by atoms with van der Waals surface area (Å²) >= 11 is 1.59. The van der Waals surface area contributed by atoms with Gasteiger partial charge in [-0.1, -0.05) is 29.4 Å². The minimum atomic E-state index is -0.230. The van der Waals surface area contributed by atoms with Gasteiger partial charge in [0.25, 0.3) is 5.91 Å². The summed E-state index contributed by atoms with van der Waals surface area (Å²) in [6.45, 7) is -0.0128. The van der Waals surface area contributed by atoms with Crippen molar-refractivity contribution in [1.29, 1.82) is 0 Å². The number of methoxy groups -OCH3 is 1. The van der Waals surface area contributed by atoms with Crippen LogP contribution in [0.5, 0.6) is 5.75 Å². The molecule has 0 aliphatic rings. The molecule has 0 spiro atoms. The number of rotatable bonds is 8. The van der Waals surface area contributed by atoms with E-state index in [0.717, 1.165) is 27.3 Å². The van der Waals surface area contributed by atoms with Crippen molar-refractivity contribution >= 4 is 23.4 Å². The Kier molecular flexibility index (Phi) is 7.34. The van der Waals surface area contributed by atoms with Crippen molar-refractivity contribution < 1.29 is 9.53 Å². The largest absolute Gasteiger partial charge is 0.496 e. The summed E-state index contributed by atoms with van der Waals surface area (Å²) in [6, 6.07) is 24.5. The van der Waals surface area contributed by atoms with Gasteiger partial charge in [-0.15, -0.1) is 11.8 Å². The Morgan fingerprint density at radius 3 is 2.62 bits per heavy atom. The fourth-order valence-electron chi connectivity index (χ4n) is 3.71. The number of pyridine rings is 1. The van der Waals surface area contributed by atoms with Crippen molar-refractivity contribution in [2.75, 3.05) is 18.7 Å². The van der Waals surface area contributed by atoms with Gasteiger partial charge in [0.1, 0.15) is 12.3 Å². The average molecular weight is 470 g/mol. The molecule has 0 aliphatic carbocycles. The topological polar surface area (TPSA) is 80.7 Å². The summed E-state index contributed by atoms with van der Waals surface area (Å²) in [4.78, 5) is 29.7. The van der Waals surface area contributed by atoms with Gasteiger partial charge in [0.2, 0.25) is 0 Å². The third-order valence-corrected chi connectivity index (χ3v) is 6.10. The van der Waals surface area contributed by atoms with Crippen LogP contribution >= 0.6 is 11.8 Å². The molecule has 0 atom stereocenters. The number of nitrogens with one attached hydrogen (secondary N) is 1. The lowest BCUT2D eigenvalue weighted by Gasteiger charge is -2.14. The molecular weight excluding hydrogens is 446 g/mol. The number of benzene rings is 3. The SMILES string of the molecule is COc1ccc(-c2cc(SC)ccc2C(=O)Nc2cccc(-c3ccccn3)c2)cc1CN=O. The molecule has 1 N–H and O–H groups in total. The summed E-state index contributed by atoms with van der Waals surface area (Å²) in [6.07, 6.45) is 3.72. The van der Waals surface area contributed by atoms with Crippen LogP contribution in [-0.2, 0) is 6.54 Å². The zero-order valence-corrected chi connectivity index (χ0v) is 19.6. The number of thioether (sulfide) groups is 1. The first-order valence-corrected chi connectivity index (χ1v) is 11.8. The molecular formula is C27H23N3O3S. The number of carbonyl (C=O) groups excluding carboxylic acids is 1. The molecule has 0 radical (unpaired) electrons.